The maximum Gasteiger partial charge on any atom is 0.161 e. The van der Waals surface area contributed by atoms with Gasteiger partial charge >= 0.3 is 0 Å². The summed E-state index contributed by atoms with van der Waals surface area (Å²) >= 11 is 0. The highest BCUT2D eigenvalue weighted by Gasteiger charge is 2.27. The minimum Gasteiger partial charge on any atom is -0.294 e. The molecule has 1 saturated carbocycles. The number of hydrogen-bond donors (Lipinski definition) is 0. The van der Waals surface area contributed by atoms with Crippen molar-refractivity contribution >= 4 is 5.78 Å². The van der Waals surface area contributed by atoms with Crippen molar-refractivity contribution in [1.82, 2.24) is 0 Å². The molecule has 0 aromatic carbocycles. The van der Waals surface area contributed by atoms with E-state index in [1.807, 2.05) is 0 Å². The van der Waals surface area contributed by atoms with E-state index in [0.717, 1.165) is 31.3 Å². The van der Waals surface area contributed by atoms with Crippen molar-refractivity contribution in [3.05, 3.63) is 11.6 Å². The monoisotopic (exact) mass is 150 g/mol. The number of rotatable bonds is 2. The largest absolute Gasteiger partial charge is 0.294 e. The predicted octanol–water partition coefficient (Wildman–Crippen LogP) is 2.47. The molecule has 2 aliphatic carbocycles. The number of carbonyl (C=O) groups excluding carboxylic acids is 1. The Balaban J connectivity index is 1.97. The molecule has 60 valence electrons. The van der Waals surface area contributed by atoms with Gasteiger partial charge in [0, 0.05) is 5.92 Å². The van der Waals surface area contributed by atoms with E-state index >= 15 is 0 Å². The van der Waals surface area contributed by atoms with E-state index in [4.69, 9.17) is 0 Å². The van der Waals surface area contributed by atoms with Crippen molar-refractivity contribution in [1.29, 1.82) is 0 Å². The first kappa shape index (κ1) is 7.08. The van der Waals surface area contributed by atoms with Gasteiger partial charge in [0.2, 0.25) is 0 Å². The molecule has 0 bridgehead atoms. The van der Waals surface area contributed by atoms with Crippen molar-refractivity contribution in [2.75, 3.05) is 0 Å². The standard InChI is InChI=1S/C10H14O/c11-10(9-6-3-7-9)8-4-1-2-5-8/h4,9H,1-3,5-7H2. The van der Waals surface area contributed by atoms with E-state index < -0.39 is 0 Å². The third kappa shape index (κ3) is 1.24. The number of allylic oxidation sites excluding steroid dienone is 2. The molecule has 0 amide bonds. The molecule has 0 aliphatic heterocycles. The molecule has 1 nitrogen and oxygen atoms in total. The third-order valence-corrected chi connectivity index (χ3v) is 2.83. The van der Waals surface area contributed by atoms with Crippen LogP contribution in [0.15, 0.2) is 11.6 Å². The van der Waals surface area contributed by atoms with Crippen LogP contribution in [0.4, 0.5) is 0 Å². The van der Waals surface area contributed by atoms with Gasteiger partial charge in [0.05, 0.1) is 0 Å². The van der Waals surface area contributed by atoms with E-state index in [-0.39, 0.29) is 0 Å². The molecule has 2 rings (SSSR count). The molecule has 0 N–H and O–H groups in total. The summed E-state index contributed by atoms with van der Waals surface area (Å²) in [5, 5.41) is 0. The quantitative estimate of drug-likeness (QED) is 0.591. The van der Waals surface area contributed by atoms with Crippen LogP contribution in [-0.4, -0.2) is 5.78 Å². The lowest BCUT2D eigenvalue weighted by Gasteiger charge is -2.24. The maximum atomic E-state index is 11.6. The number of carbonyl (C=O) groups is 1. The van der Waals surface area contributed by atoms with E-state index in [9.17, 15) is 4.79 Å². The summed E-state index contributed by atoms with van der Waals surface area (Å²) in [6.07, 6.45) is 9.09. The second-order valence-corrected chi connectivity index (χ2v) is 3.61. The van der Waals surface area contributed by atoms with Crippen LogP contribution in [0.3, 0.4) is 0 Å². The van der Waals surface area contributed by atoms with Crippen LogP contribution in [0, 0.1) is 5.92 Å². The minimum absolute atomic E-state index is 0.416. The van der Waals surface area contributed by atoms with Gasteiger partial charge in [-0.05, 0) is 37.7 Å². The van der Waals surface area contributed by atoms with Crippen LogP contribution >= 0.6 is 0 Å². The molecule has 1 fully saturated rings. The number of hydrogen-bond acceptors (Lipinski definition) is 1. The minimum atomic E-state index is 0.416. The highest BCUT2D eigenvalue weighted by atomic mass is 16.1. The topological polar surface area (TPSA) is 17.1 Å². The molecule has 0 unspecified atom stereocenters. The smallest absolute Gasteiger partial charge is 0.161 e. The van der Waals surface area contributed by atoms with Gasteiger partial charge < -0.3 is 0 Å². The number of ketones is 1. The lowest BCUT2D eigenvalue weighted by atomic mass is 9.79. The van der Waals surface area contributed by atoms with Gasteiger partial charge in [-0.3, -0.25) is 4.79 Å². The molecule has 11 heavy (non-hydrogen) atoms. The van der Waals surface area contributed by atoms with Gasteiger partial charge in [0.25, 0.3) is 0 Å². The van der Waals surface area contributed by atoms with Crippen LogP contribution in [0.5, 0.6) is 0 Å². The lowest BCUT2D eigenvalue weighted by molar-refractivity contribution is -0.121. The lowest BCUT2D eigenvalue weighted by Crippen LogP contribution is -2.22. The fraction of sp³-hybridized carbons (Fsp3) is 0.700. The molecular weight excluding hydrogens is 136 g/mol. The molecule has 0 atom stereocenters. The van der Waals surface area contributed by atoms with E-state index in [2.05, 4.69) is 6.08 Å². The Morgan fingerprint density at radius 3 is 2.64 bits per heavy atom. The van der Waals surface area contributed by atoms with E-state index in [1.54, 1.807) is 0 Å². The Morgan fingerprint density at radius 2 is 2.18 bits per heavy atom. The third-order valence-electron chi connectivity index (χ3n) is 2.83. The summed E-state index contributed by atoms with van der Waals surface area (Å²) in [6.45, 7) is 0. The summed E-state index contributed by atoms with van der Waals surface area (Å²) < 4.78 is 0. The Bertz CT molecular complexity index is 199. The second kappa shape index (κ2) is 2.80. The summed E-state index contributed by atoms with van der Waals surface area (Å²) in [4.78, 5) is 11.6. The zero-order valence-electron chi connectivity index (χ0n) is 6.81. The van der Waals surface area contributed by atoms with Gasteiger partial charge in [0.15, 0.2) is 5.78 Å². The van der Waals surface area contributed by atoms with E-state index in [1.165, 1.54) is 12.8 Å². The first-order chi connectivity index (χ1) is 5.38. The van der Waals surface area contributed by atoms with Crippen molar-refractivity contribution in [3.63, 3.8) is 0 Å². The SMILES string of the molecule is O=C(C1=CCCC1)C1CCC1. The van der Waals surface area contributed by atoms with Gasteiger partial charge in [-0.25, -0.2) is 0 Å². The molecule has 0 heterocycles. The molecule has 1 heteroatoms. The molecule has 2 aliphatic rings. The first-order valence-electron chi connectivity index (χ1n) is 4.61. The van der Waals surface area contributed by atoms with Crippen LogP contribution in [0.2, 0.25) is 0 Å². The Labute approximate surface area is 67.5 Å². The van der Waals surface area contributed by atoms with Crippen molar-refractivity contribution in [2.24, 2.45) is 5.92 Å². The second-order valence-electron chi connectivity index (χ2n) is 3.61. The molecule has 0 radical (unpaired) electrons. The summed E-state index contributed by atoms with van der Waals surface area (Å²) in [5.74, 6) is 0.883. The van der Waals surface area contributed by atoms with Crippen LogP contribution in [0.25, 0.3) is 0 Å². The van der Waals surface area contributed by atoms with Crippen LogP contribution in [0.1, 0.15) is 38.5 Å². The molecular formula is C10H14O. The van der Waals surface area contributed by atoms with Gasteiger partial charge in [-0.1, -0.05) is 12.5 Å². The highest BCUT2D eigenvalue weighted by molar-refractivity contribution is 5.97. The van der Waals surface area contributed by atoms with Gasteiger partial charge in [-0.2, -0.15) is 0 Å². The summed E-state index contributed by atoms with van der Waals surface area (Å²) in [7, 11) is 0. The average Bonchev–Trinajstić information content (AvgIpc) is 2.32. The fourth-order valence-electron chi connectivity index (χ4n) is 1.83. The molecule has 0 aromatic heterocycles. The zero-order valence-corrected chi connectivity index (χ0v) is 6.81. The molecule has 0 spiro atoms. The number of Topliss-reactive ketones (excluding diaryl/α,β-unsaturated/α-hetero) is 1. The maximum absolute atomic E-state index is 11.6. The summed E-state index contributed by atoms with van der Waals surface area (Å²) in [6, 6.07) is 0. The summed E-state index contributed by atoms with van der Waals surface area (Å²) in [5.41, 5.74) is 1.13. The Morgan fingerprint density at radius 1 is 1.36 bits per heavy atom. The van der Waals surface area contributed by atoms with Gasteiger partial charge in [0.1, 0.15) is 0 Å². The van der Waals surface area contributed by atoms with Crippen molar-refractivity contribution in [2.45, 2.75) is 38.5 Å². The predicted molar refractivity (Wildman–Crippen MR) is 44.3 cm³/mol. The van der Waals surface area contributed by atoms with Gasteiger partial charge in [-0.15, -0.1) is 0 Å². The molecule has 0 aromatic rings. The highest BCUT2D eigenvalue weighted by Crippen LogP contribution is 2.32. The average molecular weight is 150 g/mol. The van der Waals surface area contributed by atoms with Crippen molar-refractivity contribution in [3.8, 4) is 0 Å². The zero-order chi connectivity index (χ0) is 7.68. The first-order valence-corrected chi connectivity index (χ1v) is 4.61. The Hall–Kier alpha value is -0.590. The van der Waals surface area contributed by atoms with Crippen LogP contribution in [-0.2, 0) is 4.79 Å². The van der Waals surface area contributed by atoms with E-state index in [0.29, 0.717) is 11.7 Å². The fourth-order valence-corrected chi connectivity index (χ4v) is 1.83. The van der Waals surface area contributed by atoms with Crippen molar-refractivity contribution < 1.29 is 4.79 Å². The normalized spacial score (nSPS) is 24.5. The Kier molecular flexibility index (Phi) is 1.80. The molecule has 0 saturated heterocycles. The van der Waals surface area contributed by atoms with Crippen LogP contribution < -0.4 is 0 Å².